The second-order valence-electron chi connectivity index (χ2n) is 8.87. The minimum absolute atomic E-state index is 0.0993. The fourth-order valence-corrected chi connectivity index (χ4v) is 6.82. The van der Waals surface area contributed by atoms with Crippen LogP contribution >= 0.6 is 0 Å². The number of carbonyl (C=O) groups is 1. The highest BCUT2D eigenvalue weighted by Gasteiger charge is 2.39. The molecule has 0 aromatic heterocycles. The predicted molar refractivity (Wildman–Crippen MR) is 117 cm³/mol. The van der Waals surface area contributed by atoms with Gasteiger partial charge in [0, 0.05) is 19.6 Å². The van der Waals surface area contributed by atoms with Crippen LogP contribution in [0.15, 0.2) is 47.4 Å². The molecule has 5 nitrogen and oxygen atoms in total. The number of rotatable bonds is 4. The van der Waals surface area contributed by atoms with Crippen LogP contribution in [0.3, 0.4) is 0 Å². The van der Waals surface area contributed by atoms with Gasteiger partial charge in [0.05, 0.1) is 16.5 Å². The molecular formula is C24H28N2O3S. The molecule has 3 aliphatic rings. The van der Waals surface area contributed by atoms with Crippen molar-refractivity contribution in [2.75, 3.05) is 24.5 Å². The first-order valence-corrected chi connectivity index (χ1v) is 12.4. The summed E-state index contributed by atoms with van der Waals surface area (Å²) in [5.41, 5.74) is 4.18. The van der Waals surface area contributed by atoms with Crippen molar-refractivity contribution in [2.45, 2.75) is 49.8 Å². The van der Waals surface area contributed by atoms with Crippen LogP contribution < -0.4 is 4.90 Å². The Morgan fingerprint density at radius 3 is 2.50 bits per heavy atom. The molecule has 0 spiro atoms. The second-order valence-corrected chi connectivity index (χ2v) is 10.8. The number of benzene rings is 2. The van der Waals surface area contributed by atoms with Crippen LogP contribution in [0.5, 0.6) is 0 Å². The van der Waals surface area contributed by atoms with Crippen LogP contribution in [-0.4, -0.2) is 38.3 Å². The molecule has 5 rings (SSSR count). The fraction of sp³-hybridized carbons (Fsp3) is 0.458. The average molecular weight is 425 g/mol. The van der Waals surface area contributed by atoms with Crippen molar-refractivity contribution in [3.05, 3.63) is 59.2 Å². The SMILES string of the molecule is C[C@H]1C(=O)N2CCCc3cc(S(=O)(=O)N4CCC(Cc5ccccc5)CC4)cc1c32. The molecule has 158 valence electrons. The third-order valence-corrected chi connectivity index (χ3v) is 8.85. The maximum atomic E-state index is 13.4. The quantitative estimate of drug-likeness (QED) is 0.752. The van der Waals surface area contributed by atoms with Gasteiger partial charge in [-0.05, 0) is 73.8 Å². The van der Waals surface area contributed by atoms with Gasteiger partial charge in [-0.2, -0.15) is 4.31 Å². The summed E-state index contributed by atoms with van der Waals surface area (Å²) >= 11 is 0. The zero-order valence-electron chi connectivity index (χ0n) is 17.4. The van der Waals surface area contributed by atoms with E-state index in [2.05, 4.69) is 24.3 Å². The monoisotopic (exact) mass is 424 g/mol. The van der Waals surface area contributed by atoms with Crippen LogP contribution in [0.4, 0.5) is 5.69 Å². The number of hydrogen-bond acceptors (Lipinski definition) is 3. The largest absolute Gasteiger partial charge is 0.311 e. The number of nitrogens with zero attached hydrogens (tertiary/aromatic N) is 2. The summed E-state index contributed by atoms with van der Waals surface area (Å²) in [5.74, 6) is 0.358. The van der Waals surface area contributed by atoms with Crippen molar-refractivity contribution in [3.8, 4) is 0 Å². The first kappa shape index (κ1) is 19.8. The van der Waals surface area contributed by atoms with Crippen LogP contribution in [0.2, 0.25) is 0 Å². The van der Waals surface area contributed by atoms with Gasteiger partial charge in [-0.15, -0.1) is 0 Å². The molecule has 1 fully saturated rings. The van der Waals surface area contributed by atoms with Gasteiger partial charge in [0.1, 0.15) is 0 Å². The third-order valence-electron chi connectivity index (χ3n) is 6.97. The Balaban J connectivity index is 1.36. The molecule has 0 radical (unpaired) electrons. The molecule has 0 N–H and O–H groups in total. The molecule has 30 heavy (non-hydrogen) atoms. The van der Waals surface area contributed by atoms with Crippen molar-refractivity contribution >= 4 is 21.6 Å². The summed E-state index contributed by atoms with van der Waals surface area (Å²) in [4.78, 5) is 14.8. The molecule has 0 bridgehead atoms. The van der Waals surface area contributed by atoms with Crippen LogP contribution in [-0.2, 0) is 27.7 Å². The standard InChI is InChI=1S/C24H28N2O3S/c1-17-22-16-21(15-20-8-5-11-26(23(20)22)24(17)27)30(28,29)25-12-9-19(10-13-25)14-18-6-3-2-4-7-18/h2-4,6-7,15-17,19H,5,8-14H2,1H3/t17-/m1/s1. The fourth-order valence-electron chi connectivity index (χ4n) is 5.26. The zero-order chi connectivity index (χ0) is 20.9. The lowest BCUT2D eigenvalue weighted by atomic mass is 9.91. The predicted octanol–water partition coefficient (Wildman–Crippen LogP) is 3.73. The van der Waals surface area contributed by atoms with Crippen LogP contribution in [0.25, 0.3) is 0 Å². The summed E-state index contributed by atoms with van der Waals surface area (Å²) < 4.78 is 28.5. The molecule has 0 aliphatic carbocycles. The summed E-state index contributed by atoms with van der Waals surface area (Å²) in [5, 5.41) is 0. The topological polar surface area (TPSA) is 57.7 Å². The van der Waals surface area contributed by atoms with E-state index in [4.69, 9.17) is 0 Å². The Hall–Kier alpha value is -2.18. The maximum Gasteiger partial charge on any atom is 0.243 e. The summed E-state index contributed by atoms with van der Waals surface area (Å²) in [7, 11) is -3.54. The van der Waals surface area contributed by atoms with Crippen molar-refractivity contribution < 1.29 is 13.2 Å². The first-order chi connectivity index (χ1) is 14.4. The number of piperidine rings is 1. The number of amides is 1. The summed E-state index contributed by atoms with van der Waals surface area (Å²) in [6.45, 7) is 3.76. The van der Waals surface area contributed by atoms with Crippen molar-refractivity contribution in [2.24, 2.45) is 5.92 Å². The van der Waals surface area contributed by atoms with E-state index in [0.717, 1.165) is 55.5 Å². The van der Waals surface area contributed by atoms with Gasteiger partial charge in [-0.25, -0.2) is 8.42 Å². The maximum absolute atomic E-state index is 13.4. The van der Waals surface area contributed by atoms with Gasteiger partial charge >= 0.3 is 0 Å². The number of aryl methyl sites for hydroxylation is 1. The highest BCUT2D eigenvalue weighted by Crippen LogP contribution is 2.44. The molecule has 0 saturated carbocycles. The molecule has 1 saturated heterocycles. The van der Waals surface area contributed by atoms with Crippen LogP contribution in [0.1, 0.15) is 48.8 Å². The molecule has 1 atom stereocenters. The zero-order valence-corrected chi connectivity index (χ0v) is 18.2. The molecule has 2 aromatic rings. The smallest absolute Gasteiger partial charge is 0.243 e. The van der Waals surface area contributed by atoms with Crippen LogP contribution in [0, 0.1) is 5.92 Å². The van der Waals surface area contributed by atoms with E-state index < -0.39 is 10.0 Å². The molecule has 3 aliphatic heterocycles. The molecule has 0 unspecified atom stereocenters. The molecule has 6 heteroatoms. The summed E-state index contributed by atoms with van der Waals surface area (Å²) in [6, 6.07) is 14.0. The molecular weight excluding hydrogens is 396 g/mol. The highest BCUT2D eigenvalue weighted by molar-refractivity contribution is 7.89. The van der Waals surface area contributed by atoms with Crippen molar-refractivity contribution in [3.63, 3.8) is 0 Å². The minimum atomic E-state index is -3.54. The average Bonchev–Trinajstić information content (AvgIpc) is 3.01. The Kier molecular flexibility index (Phi) is 4.94. The van der Waals surface area contributed by atoms with E-state index in [1.807, 2.05) is 24.0 Å². The highest BCUT2D eigenvalue weighted by atomic mass is 32.2. The lowest BCUT2D eigenvalue weighted by molar-refractivity contribution is -0.119. The van der Waals surface area contributed by atoms with E-state index >= 15 is 0 Å². The van der Waals surface area contributed by atoms with Crippen molar-refractivity contribution in [1.29, 1.82) is 0 Å². The first-order valence-electron chi connectivity index (χ1n) is 11.0. The second kappa shape index (κ2) is 7.50. The lowest BCUT2D eigenvalue weighted by Crippen LogP contribution is -2.39. The van der Waals surface area contributed by atoms with E-state index in [1.165, 1.54) is 5.56 Å². The number of anilines is 1. The van der Waals surface area contributed by atoms with Gasteiger partial charge < -0.3 is 4.90 Å². The normalized spacial score (nSPS) is 22.4. The Morgan fingerprint density at radius 2 is 1.77 bits per heavy atom. The van der Waals surface area contributed by atoms with E-state index in [-0.39, 0.29) is 11.8 Å². The molecule has 2 aromatic carbocycles. The summed E-state index contributed by atoms with van der Waals surface area (Å²) in [6.07, 6.45) is 4.50. The Labute approximate surface area is 178 Å². The van der Waals surface area contributed by atoms with E-state index in [1.54, 1.807) is 10.4 Å². The van der Waals surface area contributed by atoms with E-state index in [9.17, 15) is 13.2 Å². The molecule has 1 amide bonds. The molecule has 3 heterocycles. The lowest BCUT2D eigenvalue weighted by Gasteiger charge is -2.32. The van der Waals surface area contributed by atoms with Gasteiger partial charge in [0.15, 0.2) is 0 Å². The van der Waals surface area contributed by atoms with Crippen molar-refractivity contribution in [1.82, 2.24) is 4.31 Å². The van der Waals surface area contributed by atoms with Gasteiger partial charge in [0.25, 0.3) is 0 Å². The number of carbonyl (C=O) groups excluding carboxylic acids is 1. The van der Waals surface area contributed by atoms with Gasteiger partial charge in [-0.1, -0.05) is 30.3 Å². The number of hydrogen-bond donors (Lipinski definition) is 0. The third kappa shape index (κ3) is 3.26. The van der Waals surface area contributed by atoms with E-state index in [0.29, 0.717) is 23.9 Å². The Bertz CT molecular complexity index is 1070. The van der Waals surface area contributed by atoms with Gasteiger partial charge in [-0.3, -0.25) is 4.79 Å². The number of sulfonamides is 1. The minimum Gasteiger partial charge on any atom is -0.311 e. The van der Waals surface area contributed by atoms with Gasteiger partial charge in [0.2, 0.25) is 15.9 Å². The Morgan fingerprint density at radius 1 is 1.03 bits per heavy atom.